The predicted molar refractivity (Wildman–Crippen MR) is 92.0 cm³/mol. The number of rotatable bonds is 1. The van der Waals surface area contributed by atoms with Gasteiger partial charge < -0.3 is 24.8 Å². The van der Waals surface area contributed by atoms with Crippen LogP contribution in [0.2, 0.25) is 3.63 Å². The summed E-state index contributed by atoms with van der Waals surface area (Å²) in [6, 6.07) is 9.26. The van der Waals surface area contributed by atoms with Crippen LogP contribution >= 0.6 is 7.92 Å². The second kappa shape index (κ2) is 7.52. The fourth-order valence-electron chi connectivity index (χ4n) is 5.05. The largest absolute Gasteiger partial charge is 1.00 e. The van der Waals surface area contributed by atoms with Crippen molar-refractivity contribution >= 4 is 14.0 Å². The molecule has 0 aromatic heterocycles. The van der Waals surface area contributed by atoms with E-state index in [2.05, 4.69) is 61.6 Å². The van der Waals surface area contributed by atoms with Gasteiger partial charge in [-0.25, -0.2) is 0 Å². The summed E-state index contributed by atoms with van der Waals surface area (Å²) in [5.74, 6) is 1.76. The summed E-state index contributed by atoms with van der Waals surface area (Å²) in [5, 5.41) is 1.90. The third kappa shape index (κ3) is 2.79. The van der Waals surface area contributed by atoms with Crippen LogP contribution in [0.3, 0.4) is 0 Å². The van der Waals surface area contributed by atoms with E-state index < -0.39 is 23.2 Å². The van der Waals surface area contributed by atoms with Crippen molar-refractivity contribution in [1.82, 2.24) is 0 Å². The molecular formula is C20H21Cl2PZr. The Morgan fingerprint density at radius 1 is 1.12 bits per heavy atom. The SMILES string of the molecule is CCP1C2=Cc3ccccc3[CH]2[Zr+2][CH]2C3C=CC=CC3CC21.[Cl-].[Cl-]. The fourth-order valence-corrected chi connectivity index (χ4v) is 16.6. The number of benzene rings is 1. The van der Waals surface area contributed by atoms with Gasteiger partial charge in [0.2, 0.25) is 0 Å². The summed E-state index contributed by atoms with van der Waals surface area (Å²) in [5.41, 5.74) is 4.30. The maximum Gasteiger partial charge on any atom is -1.00 e. The molecule has 5 rings (SSSR count). The van der Waals surface area contributed by atoms with Crippen LogP contribution in [0.15, 0.2) is 53.9 Å². The summed E-state index contributed by atoms with van der Waals surface area (Å²) >= 11 is -0.418. The van der Waals surface area contributed by atoms with Crippen LogP contribution in [0.4, 0.5) is 0 Å². The van der Waals surface area contributed by atoms with Crippen molar-refractivity contribution < 1.29 is 48.0 Å². The van der Waals surface area contributed by atoms with Gasteiger partial charge in [0.25, 0.3) is 0 Å². The van der Waals surface area contributed by atoms with Crippen LogP contribution in [0.25, 0.3) is 6.08 Å². The Balaban J connectivity index is 0.000000845. The van der Waals surface area contributed by atoms with E-state index in [1.807, 2.05) is 5.31 Å². The molecule has 6 unspecified atom stereocenters. The van der Waals surface area contributed by atoms with Crippen LogP contribution in [0, 0.1) is 11.8 Å². The smallest absolute Gasteiger partial charge is 1.00 e. The number of allylic oxidation sites excluding steroid dienone is 5. The van der Waals surface area contributed by atoms with Crippen LogP contribution in [-0.2, 0) is 23.2 Å². The molecule has 0 amide bonds. The second-order valence-corrected chi connectivity index (χ2v) is 13.6. The first-order valence-corrected chi connectivity index (χ1v) is 13.0. The standard InChI is InChI=1S/C20H21P.2ClH.Zr/c1-2-21(19-11-15-7-3-4-8-16(15)12-19)20-13-17-9-5-6-10-18(17)14-20;;;/h3-13,17-18,20H,2,14H2,1H3;2*1H;/q;;;+2/p-2. The van der Waals surface area contributed by atoms with Gasteiger partial charge in [0.15, 0.2) is 0 Å². The Labute approximate surface area is 170 Å². The van der Waals surface area contributed by atoms with Crippen LogP contribution in [0.1, 0.15) is 28.1 Å². The molecule has 1 saturated heterocycles. The van der Waals surface area contributed by atoms with Gasteiger partial charge in [-0.3, -0.25) is 0 Å². The molecule has 0 nitrogen and oxygen atoms in total. The molecule has 0 radical (unpaired) electrons. The summed E-state index contributed by atoms with van der Waals surface area (Å²) < 4.78 is 2.00. The zero-order valence-electron chi connectivity index (χ0n) is 13.7. The van der Waals surface area contributed by atoms with E-state index in [0.717, 1.165) is 24.7 Å². The van der Waals surface area contributed by atoms with Crippen molar-refractivity contribution in [3.8, 4) is 0 Å². The molecule has 1 aliphatic heterocycles. The average Bonchev–Trinajstić information content (AvgIpc) is 3.11. The van der Waals surface area contributed by atoms with E-state index in [4.69, 9.17) is 0 Å². The van der Waals surface area contributed by atoms with E-state index in [9.17, 15) is 0 Å². The van der Waals surface area contributed by atoms with Crippen molar-refractivity contribution in [3.05, 3.63) is 65.0 Å². The van der Waals surface area contributed by atoms with E-state index in [1.54, 1.807) is 11.1 Å². The van der Waals surface area contributed by atoms with Gasteiger partial charge >= 0.3 is 146 Å². The molecule has 1 aromatic carbocycles. The molecule has 3 aliphatic carbocycles. The fraction of sp³-hybridized carbons (Fsp3) is 0.400. The minimum absolute atomic E-state index is 0. The van der Waals surface area contributed by atoms with E-state index >= 15 is 0 Å². The van der Waals surface area contributed by atoms with Crippen molar-refractivity contribution in [1.29, 1.82) is 0 Å². The molecule has 2 fully saturated rings. The Hall–Kier alpha value is 0.333. The molecule has 24 heavy (non-hydrogen) atoms. The van der Waals surface area contributed by atoms with Gasteiger partial charge in [0, 0.05) is 0 Å². The molecule has 0 N–H and O–H groups in total. The summed E-state index contributed by atoms with van der Waals surface area (Å²) in [7, 11) is 0.102. The molecule has 4 heteroatoms. The topological polar surface area (TPSA) is 0 Å². The molecular weight excluding hydrogens is 433 g/mol. The monoisotopic (exact) mass is 452 g/mol. The minimum Gasteiger partial charge on any atom is -1.00 e. The number of hydrogen-bond acceptors (Lipinski definition) is 0. The van der Waals surface area contributed by atoms with Crippen LogP contribution in [0.5, 0.6) is 0 Å². The van der Waals surface area contributed by atoms with Gasteiger partial charge in [0.05, 0.1) is 0 Å². The maximum atomic E-state index is 2.61. The molecule has 1 saturated carbocycles. The van der Waals surface area contributed by atoms with Crippen molar-refractivity contribution in [2.45, 2.75) is 26.3 Å². The third-order valence-corrected chi connectivity index (χ3v) is 15.6. The molecule has 4 aliphatic rings. The van der Waals surface area contributed by atoms with Gasteiger partial charge in [-0.15, -0.1) is 0 Å². The zero-order valence-corrected chi connectivity index (χ0v) is 18.6. The molecule has 1 aromatic rings. The van der Waals surface area contributed by atoms with Crippen LogP contribution < -0.4 is 24.8 Å². The zero-order chi connectivity index (χ0) is 14.7. The maximum absolute atomic E-state index is 2.61. The number of hydrogen-bond donors (Lipinski definition) is 0. The van der Waals surface area contributed by atoms with Crippen LogP contribution in [-0.4, -0.2) is 11.8 Å². The van der Waals surface area contributed by atoms with Gasteiger partial charge in [-0.2, -0.15) is 0 Å². The Kier molecular flexibility index (Phi) is 5.99. The molecule has 0 spiro atoms. The van der Waals surface area contributed by atoms with Crippen molar-refractivity contribution in [3.63, 3.8) is 0 Å². The van der Waals surface area contributed by atoms with Gasteiger partial charge in [0.1, 0.15) is 0 Å². The quantitative estimate of drug-likeness (QED) is 0.507. The van der Waals surface area contributed by atoms with Crippen molar-refractivity contribution in [2.24, 2.45) is 11.8 Å². The molecule has 1 heterocycles. The Morgan fingerprint density at radius 3 is 2.75 bits per heavy atom. The van der Waals surface area contributed by atoms with Gasteiger partial charge in [-0.1, -0.05) is 0 Å². The minimum atomic E-state index is -0.418. The summed E-state index contributed by atoms with van der Waals surface area (Å²) in [6.45, 7) is 2.45. The molecule has 124 valence electrons. The summed E-state index contributed by atoms with van der Waals surface area (Å²) in [4.78, 5) is 0. The van der Waals surface area contributed by atoms with Gasteiger partial charge in [-0.05, 0) is 0 Å². The number of fused-ring (bicyclic) bond motifs is 6. The summed E-state index contributed by atoms with van der Waals surface area (Å²) in [6.07, 6.45) is 15.2. The second-order valence-electron chi connectivity index (χ2n) is 6.92. The molecule has 6 atom stereocenters. The van der Waals surface area contributed by atoms with Crippen molar-refractivity contribution in [2.75, 3.05) is 6.16 Å². The Morgan fingerprint density at radius 2 is 1.92 bits per heavy atom. The first-order chi connectivity index (χ1) is 10.9. The Bertz CT molecular complexity index is 711. The number of halogens is 2. The first kappa shape index (κ1) is 19.1. The predicted octanol–water partition coefficient (Wildman–Crippen LogP) is -0.393. The van der Waals surface area contributed by atoms with E-state index in [0.29, 0.717) is 0 Å². The van der Waals surface area contributed by atoms with E-state index in [-0.39, 0.29) is 32.7 Å². The molecule has 0 bridgehead atoms. The normalized spacial score (nSPS) is 36.6. The first-order valence-electron chi connectivity index (χ1n) is 8.55. The van der Waals surface area contributed by atoms with E-state index in [1.165, 1.54) is 12.6 Å². The average molecular weight is 454 g/mol. The third-order valence-electron chi connectivity index (χ3n) is 5.98.